The quantitative estimate of drug-likeness (QED) is 0.576. The summed E-state index contributed by atoms with van der Waals surface area (Å²) >= 11 is 1.56. The van der Waals surface area contributed by atoms with Gasteiger partial charge in [-0.3, -0.25) is 9.36 Å². The number of fused-ring (bicyclic) bond motifs is 1. The van der Waals surface area contributed by atoms with Crippen molar-refractivity contribution in [3.8, 4) is 5.13 Å². The first kappa shape index (κ1) is 17.5. The van der Waals surface area contributed by atoms with Gasteiger partial charge in [-0.25, -0.2) is 9.97 Å². The molecule has 6 nitrogen and oxygen atoms in total. The van der Waals surface area contributed by atoms with Crippen LogP contribution in [-0.2, 0) is 6.54 Å². The highest BCUT2D eigenvalue weighted by molar-refractivity contribution is 7.12. The molecule has 27 heavy (non-hydrogen) atoms. The lowest BCUT2D eigenvalue weighted by Gasteiger charge is -2.09. The first-order valence-electron chi connectivity index (χ1n) is 8.85. The molecular weight excluding hydrogens is 358 g/mol. The number of hydrogen-bond donors (Lipinski definition) is 1. The van der Waals surface area contributed by atoms with Gasteiger partial charge in [0.05, 0.1) is 16.6 Å². The maximum Gasteiger partial charge on any atom is 0.253 e. The molecule has 0 fully saturated rings. The fourth-order valence-corrected chi connectivity index (χ4v) is 4.22. The summed E-state index contributed by atoms with van der Waals surface area (Å²) in [7, 11) is 0. The minimum Gasteiger partial charge on any atom is -0.350 e. The zero-order chi connectivity index (χ0) is 19.0. The molecule has 3 aromatic heterocycles. The predicted octanol–water partition coefficient (Wildman–Crippen LogP) is 3.64. The predicted molar refractivity (Wildman–Crippen MR) is 108 cm³/mol. The van der Waals surface area contributed by atoms with Crippen molar-refractivity contribution in [2.75, 3.05) is 6.54 Å². The Labute approximate surface area is 161 Å². The van der Waals surface area contributed by atoms with Crippen molar-refractivity contribution in [3.63, 3.8) is 0 Å². The van der Waals surface area contributed by atoms with E-state index in [1.807, 2.05) is 55.0 Å². The van der Waals surface area contributed by atoms with Crippen LogP contribution in [0, 0.1) is 20.8 Å². The van der Waals surface area contributed by atoms with Gasteiger partial charge in [0.2, 0.25) is 0 Å². The molecule has 0 aliphatic heterocycles. The zero-order valence-electron chi connectivity index (χ0n) is 15.6. The summed E-state index contributed by atoms with van der Waals surface area (Å²) in [5.41, 5.74) is 4.67. The third-order valence-corrected chi connectivity index (χ3v) is 5.51. The number of imidazole rings is 1. The van der Waals surface area contributed by atoms with E-state index in [2.05, 4.69) is 25.9 Å². The van der Waals surface area contributed by atoms with Gasteiger partial charge in [-0.05, 0) is 39.0 Å². The average Bonchev–Trinajstić information content (AvgIpc) is 3.34. The standard InChI is InChI=1S/C20H21N5OS/c1-13-12-16(14(2)25(13)20-22-9-11-27-20)19(26)21-8-10-24-15(3)23-17-6-4-5-7-18(17)24/h4-7,9,11-12H,8,10H2,1-3H3,(H,21,26). The molecule has 7 heteroatoms. The van der Waals surface area contributed by atoms with Crippen LogP contribution in [0.25, 0.3) is 16.2 Å². The van der Waals surface area contributed by atoms with Crippen LogP contribution in [0.1, 0.15) is 27.6 Å². The van der Waals surface area contributed by atoms with E-state index in [0.717, 1.165) is 33.4 Å². The van der Waals surface area contributed by atoms with Gasteiger partial charge in [0.25, 0.3) is 5.91 Å². The number of para-hydroxylation sites is 2. The molecule has 0 spiro atoms. The Morgan fingerprint density at radius 2 is 2.04 bits per heavy atom. The van der Waals surface area contributed by atoms with Gasteiger partial charge < -0.3 is 9.88 Å². The molecule has 0 aliphatic rings. The molecule has 138 valence electrons. The lowest BCUT2D eigenvalue weighted by Crippen LogP contribution is -2.27. The number of carbonyl (C=O) groups excluding carboxylic acids is 1. The Bertz CT molecular complexity index is 1110. The molecule has 0 saturated heterocycles. The van der Waals surface area contributed by atoms with Crippen LogP contribution in [0.2, 0.25) is 0 Å². The number of nitrogens with one attached hydrogen (secondary N) is 1. The van der Waals surface area contributed by atoms with Gasteiger partial charge in [0.1, 0.15) is 5.82 Å². The highest BCUT2D eigenvalue weighted by Crippen LogP contribution is 2.22. The van der Waals surface area contributed by atoms with Crippen LogP contribution in [0.4, 0.5) is 0 Å². The summed E-state index contributed by atoms with van der Waals surface area (Å²) in [4.78, 5) is 21.6. The molecule has 0 aliphatic carbocycles. The van der Waals surface area contributed by atoms with Crippen LogP contribution in [0.5, 0.6) is 0 Å². The van der Waals surface area contributed by atoms with E-state index >= 15 is 0 Å². The molecule has 4 aromatic rings. The molecule has 1 N–H and O–H groups in total. The van der Waals surface area contributed by atoms with Crippen molar-refractivity contribution in [3.05, 3.63) is 64.7 Å². The maximum atomic E-state index is 12.7. The number of carbonyl (C=O) groups is 1. The second-order valence-electron chi connectivity index (χ2n) is 6.49. The Hall–Kier alpha value is -2.93. The molecule has 1 aromatic carbocycles. The summed E-state index contributed by atoms with van der Waals surface area (Å²) in [5.74, 6) is 0.889. The second-order valence-corrected chi connectivity index (χ2v) is 7.36. The van der Waals surface area contributed by atoms with Crippen molar-refractivity contribution in [1.82, 2.24) is 24.4 Å². The van der Waals surface area contributed by atoms with Gasteiger partial charge in [-0.15, -0.1) is 11.3 Å². The fourth-order valence-electron chi connectivity index (χ4n) is 3.47. The van der Waals surface area contributed by atoms with E-state index in [0.29, 0.717) is 18.7 Å². The van der Waals surface area contributed by atoms with Crippen molar-refractivity contribution >= 4 is 28.3 Å². The highest BCUT2D eigenvalue weighted by Gasteiger charge is 2.17. The number of aryl methyl sites for hydroxylation is 2. The van der Waals surface area contributed by atoms with E-state index < -0.39 is 0 Å². The molecule has 0 saturated carbocycles. The van der Waals surface area contributed by atoms with Crippen LogP contribution < -0.4 is 5.32 Å². The zero-order valence-corrected chi connectivity index (χ0v) is 16.4. The van der Waals surface area contributed by atoms with Crippen molar-refractivity contribution in [2.24, 2.45) is 0 Å². The molecule has 1 amide bonds. The number of nitrogens with zero attached hydrogens (tertiary/aromatic N) is 4. The van der Waals surface area contributed by atoms with Crippen molar-refractivity contribution in [2.45, 2.75) is 27.3 Å². The van der Waals surface area contributed by atoms with Crippen LogP contribution in [-0.4, -0.2) is 31.6 Å². The van der Waals surface area contributed by atoms with Gasteiger partial charge in [-0.1, -0.05) is 12.1 Å². The Balaban J connectivity index is 1.49. The second kappa shape index (κ2) is 7.00. The Kier molecular flexibility index (Phi) is 4.53. The molecule has 0 bridgehead atoms. The van der Waals surface area contributed by atoms with E-state index in [9.17, 15) is 4.79 Å². The minimum absolute atomic E-state index is 0.0621. The summed E-state index contributed by atoms with van der Waals surface area (Å²) < 4.78 is 4.15. The topological polar surface area (TPSA) is 64.7 Å². The summed E-state index contributed by atoms with van der Waals surface area (Å²) in [6.45, 7) is 7.16. The number of benzene rings is 1. The first-order valence-corrected chi connectivity index (χ1v) is 9.73. The van der Waals surface area contributed by atoms with E-state index in [-0.39, 0.29) is 5.91 Å². The smallest absolute Gasteiger partial charge is 0.253 e. The van der Waals surface area contributed by atoms with Crippen molar-refractivity contribution < 1.29 is 4.79 Å². The molecule has 0 radical (unpaired) electrons. The van der Waals surface area contributed by atoms with Gasteiger partial charge in [0.15, 0.2) is 5.13 Å². The number of aromatic nitrogens is 4. The number of amides is 1. The fraction of sp³-hybridized carbons (Fsp3) is 0.250. The minimum atomic E-state index is -0.0621. The van der Waals surface area contributed by atoms with E-state index in [1.54, 1.807) is 17.5 Å². The van der Waals surface area contributed by atoms with Gasteiger partial charge >= 0.3 is 0 Å². The molecule has 0 atom stereocenters. The third-order valence-electron chi connectivity index (χ3n) is 4.75. The molecule has 0 unspecified atom stereocenters. The van der Waals surface area contributed by atoms with E-state index in [1.165, 1.54) is 0 Å². The van der Waals surface area contributed by atoms with Gasteiger partial charge in [0, 0.05) is 36.1 Å². The first-order chi connectivity index (χ1) is 13.1. The van der Waals surface area contributed by atoms with Crippen LogP contribution >= 0.6 is 11.3 Å². The van der Waals surface area contributed by atoms with Crippen LogP contribution in [0.15, 0.2) is 41.9 Å². The molecule has 3 heterocycles. The monoisotopic (exact) mass is 379 g/mol. The largest absolute Gasteiger partial charge is 0.350 e. The van der Waals surface area contributed by atoms with Crippen LogP contribution in [0.3, 0.4) is 0 Å². The van der Waals surface area contributed by atoms with E-state index in [4.69, 9.17) is 0 Å². The summed E-state index contributed by atoms with van der Waals surface area (Å²) in [6, 6.07) is 9.97. The number of thiazole rings is 1. The maximum absolute atomic E-state index is 12.7. The molecular formula is C20H21N5OS. The summed E-state index contributed by atoms with van der Waals surface area (Å²) in [5, 5.41) is 5.85. The summed E-state index contributed by atoms with van der Waals surface area (Å²) in [6.07, 6.45) is 1.77. The normalized spacial score (nSPS) is 11.2. The molecule has 4 rings (SSSR count). The van der Waals surface area contributed by atoms with Gasteiger partial charge in [-0.2, -0.15) is 0 Å². The SMILES string of the molecule is Cc1cc(C(=O)NCCn2c(C)nc3ccccc32)c(C)n1-c1nccs1. The number of hydrogen-bond acceptors (Lipinski definition) is 4. The van der Waals surface area contributed by atoms with Crippen molar-refractivity contribution in [1.29, 1.82) is 0 Å². The average molecular weight is 379 g/mol. The third kappa shape index (κ3) is 3.14. The lowest BCUT2D eigenvalue weighted by molar-refractivity contribution is 0.0951. The lowest BCUT2D eigenvalue weighted by atomic mass is 10.2. The number of rotatable bonds is 5. The Morgan fingerprint density at radius 3 is 2.81 bits per heavy atom. The Morgan fingerprint density at radius 1 is 1.22 bits per heavy atom. The highest BCUT2D eigenvalue weighted by atomic mass is 32.1.